The van der Waals surface area contributed by atoms with E-state index in [1.807, 2.05) is 4.90 Å². The Labute approximate surface area is 107 Å². The van der Waals surface area contributed by atoms with Gasteiger partial charge in [0.15, 0.2) is 0 Å². The van der Waals surface area contributed by atoms with Crippen molar-refractivity contribution in [1.82, 2.24) is 4.90 Å². The van der Waals surface area contributed by atoms with Crippen LogP contribution in [-0.2, 0) is 16.4 Å². The molecule has 0 aliphatic carbocycles. The van der Waals surface area contributed by atoms with E-state index in [0.717, 1.165) is 0 Å². The number of halogens is 1. The molecule has 0 aliphatic rings. The molecule has 0 aliphatic heterocycles. The fourth-order valence-corrected chi connectivity index (χ4v) is 2.25. The van der Waals surface area contributed by atoms with E-state index in [4.69, 9.17) is 11.6 Å². The molecule has 0 fully saturated rings. The molecule has 96 valence electrons. The van der Waals surface area contributed by atoms with Crippen molar-refractivity contribution in [2.75, 3.05) is 25.6 Å². The van der Waals surface area contributed by atoms with E-state index in [9.17, 15) is 13.5 Å². The van der Waals surface area contributed by atoms with Crippen molar-refractivity contribution in [2.24, 2.45) is 0 Å². The summed E-state index contributed by atoms with van der Waals surface area (Å²) in [6.45, 7) is 0.824. The zero-order valence-electron chi connectivity index (χ0n) is 9.85. The Morgan fingerprint density at radius 1 is 1.41 bits per heavy atom. The van der Waals surface area contributed by atoms with Gasteiger partial charge < -0.3 is 10.0 Å². The van der Waals surface area contributed by atoms with Crippen LogP contribution in [0.1, 0.15) is 5.56 Å². The minimum Gasteiger partial charge on any atom is -0.508 e. The number of rotatable bonds is 5. The summed E-state index contributed by atoms with van der Waals surface area (Å²) in [4.78, 5) is 1.81. The summed E-state index contributed by atoms with van der Waals surface area (Å²) >= 11 is 5.96. The fraction of sp³-hybridized carbons (Fsp3) is 0.455. The Balaban J connectivity index is 2.65. The third kappa shape index (κ3) is 4.93. The fourth-order valence-electron chi connectivity index (χ4n) is 1.37. The second kappa shape index (κ2) is 5.71. The second-order valence-corrected chi connectivity index (χ2v) is 6.77. The number of benzene rings is 1. The first kappa shape index (κ1) is 14.3. The minimum absolute atomic E-state index is 0.0920. The second-order valence-electron chi connectivity index (χ2n) is 4.11. The predicted octanol–water partition coefficient (Wildman–Crippen LogP) is 1.52. The molecular weight excluding hydrogens is 262 g/mol. The van der Waals surface area contributed by atoms with Crippen molar-refractivity contribution in [3.8, 4) is 5.75 Å². The van der Waals surface area contributed by atoms with Crippen LogP contribution in [-0.4, -0.2) is 44.0 Å². The summed E-state index contributed by atoms with van der Waals surface area (Å²) in [6.07, 6.45) is 1.20. The van der Waals surface area contributed by atoms with Crippen molar-refractivity contribution in [1.29, 1.82) is 0 Å². The van der Waals surface area contributed by atoms with Gasteiger partial charge in [-0.2, -0.15) is 0 Å². The molecule has 0 bridgehead atoms. The van der Waals surface area contributed by atoms with Crippen LogP contribution in [0.4, 0.5) is 0 Å². The molecule has 0 atom stereocenters. The molecule has 1 rings (SSSR count). The lowest BCUT2D eigenvalue weighted by Gasteiger charge is -2.17. The van der Waals surface area contributed by atoms with Crippen LogP contribution in [0.15, 0.2) is 18.2 Å². The Morgan fingerprint density at radius 2 is 2.06 bits per heavy atom. The third-order valence-electron chi connectivity index (χ3n) is 2.37. The molecule has 1 aromatic carbocycles. The van der Waals surface area contributed by atoms with E-state index >= 15 is 0 Å². The quantitative estimate of drug-likeness (QED) is 0.887. The Morgan fingerprint density at radius 3 is 2.59 bits per heavy atom. The first-order valence-corrected chi connectivity index (χ1v) is 7.56. The van der Waals surface area contributed by atoms with E-state index in [1.165, 1.54) is 6.26 Å². The highest BCUT2D eigenvalue weighted by Gasteiger charge is 2.11. The highest BCUT2D eigenvalue weighted by molar-refractivity contribution is 7.90. The summed E-state index contributed by atoms with van der Waals surface area (Å²) < 4.78 is 22.0. The van der Waals surface area contributed by atoms with Gasteiger partial charge >= 0.3 is 0 Å². The van der Waals surface area contributed by atoms with Crippen LogP contribution in [0.5, 0.6) is 5.75 Å². The van der Waals surface area contributed by atoms with Crippen LogP contribution >= 0.6 is 11.6 Å². The number of phenols is 1. The smallest absolute Gasteiger partial charge is 0.148 e. The molecule has 6 heteroatoms. The van der Waals surface area contributed by atoms with Gasteiger partial charge in [-0.1, -0.05) is 17.7 Å². The summed E-state index contributed by atoms with van der Waals surface area (Å²) in [7, 11) is -1.18. The molecule has 0 heterocycles. The van der Waals surface area contributed by atoms with Crippen LogP contribution in [0.25, 0.3) is 0 Å². The zero-order chi connectivity index (χ0) is 13.1. The summed E-state index contributed by atoms with van der Waals surface area (Å²) in [5.41, 5.74) is 0.616. The molecule has 17 heavy (non-hydrogen) atoms. The van der Waals surface area contributed by atoms with Crippen molar-refractivity contribution >= 4 is 21.4 Å². The van der Waals surface area contributed by atoms with Crippen LogP contribution in [0.3, 0.4) is 0 Å². The standard InChI is InChI=1S/C11H16ClNO3S/c1-13(6-7-17(2,15)16)8-9-10(12)4-3-5-11(9)14/h3-5,14H,6-8H2,1-2H3. The molecule has 0 amide bonds. The van der Waals surface area contributed by atoms with Gasteiger partial charge in [0.1, 0.15) is 15.6 Å². The number of phenolic OH excluding ortho intramolecular Hbond substituents is 1. The van der Waals surface area contributed by atoms with Crippen molar-refractivity contribution in [3.05, 3.63) is 28.8 Å². The van der Waals surface area contributed by atoms with Gasteiger partial charge in [-0.3, -0.25) is 0 Å². The maximum atomic E-state index is 11.0. The van der Waals surface area contributed by atoms with Crippen LogP contribution < -0.4 is 0 Å². The molecule has 0 aromatic heterocycles. The highest BCUT2D eigenvalue weighted by atomic mass is 35.5. The third-order valence-corrected chi connectivity index (χ3v) is 3.64. The van der Waals surface area contributed by atoms with Gasteiger partial charge in [-0.05, 0) is 19.2 Å². The molecule has 0 saturated carbocycles. The number of nitrogens with zero attached hydrogens (tertiary/aromatic N) is 1. The van der Waals surface area contributed by atoms with Gasteiger partial charge in [-0.15, -0.1) is 0 Å². The minimum atomic E-state index is -2.97. The van der Waals surface area contributed by atoms with Gasteiger partial charge in [0.25, 0.3) is 0 Å². The normalized spacial score (nSPS) is 12.0. The largest absolute Gasteiger partial charge is 0.508 e. The summed E-state index contributed by atoms with van der Waals surface area (Å²) in [5.74, 6) is 0.220. The van der Waals surface area contributed by atoms with Crippen LogP contribution in [0, 0.1) is 0 Å². The molecule has 4 nitrogen and oxygen atoms in total. The predicted molar refractivity (Wildman–Crippen MR) is 69.2 cm³/mol. The maximum absolute atomic E-state index is 11.0. The average molecular weight is 278 g/mol. The number of aromatic hydroxyl groups is 1. The monoisotopic (exact) mass is 277 g/mol. The summed E-state index contributed by atoms with van der Waals surface area (Å²) in [6, 6.07) is 4.92. The van der Waals surface area contributed by atoms with Crippen molar-refractivity contribution < 1.29 is 13.5 Å². The first-order valence-electron chi connectivity index (χ1n) is 5.12. The van der Waals surface area contributed by atoms with Crippen molar-refractivity contribution in [3.63, 3.8) is 0 Å². The Kier molecular flexibility index (Phi) is 4.80. The van der Waals surface area contributed by atoms with E-state index in [-0.39, 0.29) is 11.5 Å². The summed E-state index contributed by atoms with van der Waals surface area (Å²) in [5, 5.41) is 10.1. The number of hydrogen-bond acceptors (Lipinski definition) is 4. The molecule has 1 aromatic rings. The topological polar surface area (TPSA) is 57.6 Å². The van der Waals surface area contributed by atoms with Gasteiger partial charge in [0, 0.05) is 29.9 Å². The molecule has 0 radical (unpaired) electrons. The highest BCUT2D eigenvalue weighted by Crippen LogP contribution is 2.26. The van der Waals surface area contributed by atoms with Gasteiger partial charge in [0.2, 0.25) is 0 Å². The van der Waals surface area contributed by atoms with E-state index in [1.54, 1.807) is 25.2 Å². The van der Waals surface area contributed by atoms with Gasteiger partial charge in [-0.25, -0.2) is 8.42 Å². The van der Waals surface area contributed by atoms with Gasteiger partial charge in [0.05, 0.1) is 5.75 Å². The molecule has 0 saturated heterocycles. The van der Waals surface area contributed by atoms with E-state index < -0.39 is 9.84 Å². The van der Waals surface area contributed by atoms with E-state index in [0.29, 0.717) is 23.7 Å². The molecular formula is C11H16ClNO3S. The SMILES string of the molecule is CN(CCS(C)(=O)=O)Cc1c(O)cccc1Cl. The lowest BCUT2D eigenvalue weighted by Crippen LogP contribution is -2.25. The molecule has 0 unspecified atom stereocenters. The Hall–Kier alpha value is -0.780. The van der Waals surface area contributed by atoms with Crippen LogP contribution in [0.2, 0.25) is 5.02 Å². The Bertz CT molecular complexity index is 467. The molecule has 0 spiro atoms. The lowest BCUT2D eigenvalue weighted by atomic mass is 10.2. The average Bonchev–Trinajstić information content (AvgIpc) is 2.20. The lowest BCUT2D eigenvalue weighted by molar-refractivity contribution is 0.338. The van der Waals surface area contributed by atoms with E-state index in [2.05, 4.69) is 0 Å². The zero-order valence-corrected chi connectivity index (χ0v) is 11.4. The molecule has 1 N–H and O–H groups in total. The number of sulfone groups is 1. The first-order chi connectivity index (χ1) is 7.79. The van der Waals surface area contributed by atoms with Crippen molar-refractivity contribution in [2.45, 2.75) is 6.54 Å². The number of hydrogen-bond donors (Lipinski definition) is 1. The maximum Gasteiger partial charge on any atom is 0.148 e.